The van der Waals surface area contributed by atoms with E-state index in [1.54, 1.807) is 0 Å². The molecular formula is H14S7. The van der Waals surface area contributed by atoms with Gasteiger partial charge in [0.25, 0.3) is 0 Å². The van der Waals surface area contributed by atoms with Crippen molar-refractivity contribution in [2.75, 3.05) is 0 Å². The van der Waals surface area contributed by atoms with E-state index < -0.39 is 0 Å². The lowest BCUT2D eigenvalue weighted by atomic mass is 32.1. The van der Waals surface area contributed by atoms with E-state index >= 15 is 0 Å². The van der Waals surface area contributed by atoms with Crippen LogP contribution in [0, 0.1) is 0 Å². The number of hydrogen-bond acceptors (Lipinski definition) is 0. The van der Waals surface area contributed by atoms with Crippen molar-refractivity contribution >= 4 is 93.8 Å². The minimum atomic E-state index is 2.78. The second-order valence-corrected chi connectivity index (χ2v) is 0. The van der Waals surface area contributed by atoms with E-state index in [1.807, 2.05) is 0 Å². The number of rotatable bonds is 0. The maximum absolute atomic E-state index is 5.44. The molecule has 56 valence electrons. The lowest BCUT2D eigenvalue weighted by Crippen LogP contribution is 0.647. The van der Waals surface area contributed by atoms with E-state index in [9.17, 15) is 0 Å². The predicted molar refractivity (Wildman–Crippen MR) is 72.7 cm³/mol. The van der Waals surface area contributed by atoms with Gasteiger partial charge in [-0.2, -0.15) is 93.8 Å². The van der Waals surface area contributed by atoms with Gasteiger partial charge in [0.05, 0.1) is 7.87 Å². The molecule has 0 bridgehead atoms. The minimum absolute atomic E-state index is 2.78. The van der Waals surface area contributed by atoms with Gasteiger partial charge in [-0.15, -0.1) is 0 Å². The van der Waals surface area contributed by atoms with E-state index in [1.165, 1.54) is 0 Å². The van der Waals surface area contributed by atoms with Crippen LogP contribution in [0.4, 0.5) is 0 Å². The molecule has 0 spiro atoms. The SMILES string of the molecule is [2H]S.[2H]S.[2H]S.[2H]S.[2H]S.[2H]S.[2H]S. The molecule has 0 saturated heterocycles. The summed E-state index contributed by atoms with van der Waals surface area (Å²) in [6, 6.07) is 0. The van der Waals surface area contributed by atoms with E-state index in [0.29, 0.717) is 0 Å². The van der Waals surface area contributed by atoms with Gasteiger partial charge in [-0.25, -0.2) is 0 Å². The second kappa shape index (κ2) is 78.1. The Balaban J connectivity index is -0.00000000817. The van der Waals surface area contributed by atoms with E-state index in [4.69, 9.17) is 7.87 Å². The van der Waals surface area contributed by atoms with Crippen LogP contribution in [0.3, 0.4) is 0 Å². The van der Waals surface area contributed by atoms with Gasteiger partial charge in [-0.3, -0.25) is 0 Å². The Hall–Kier alpha value is 2.45. The quantitative estimate of drug-likeness (QED) is 0.592. The second-order valence-electron chi connectivity index (χ2n) is 0. The first-order valence-corrected chi connectivity index (χ1v) is 0. The molecule has 0 fully saturated rings. The highest BCUT2D eigenvalue weighted by Gasteiger charge is -0.191. The van der Waals surface area contributed by atoms with Crippen LogP contribution in [0.5, 0.6) is 0 Å². The van der Waals surface area contributed by atoms with Gasteiger partial charge in [0, 0.05) is 0 Å². The first kappa shape index (κ1) is 7.56. The first-order valence-electron chi connectivity index (χ1n) is 3.13. The van der Waals surface area contributed by atoms with E-state index in [-0.39, 0.29) is 0 Å². The summed E-state index contributed by atoms with van der Waals surface area (Å²) in [5, 5.41) is 0. The Labute approximate surface area is 101 Å². The Morgan fingerprint density at radius 1 is 0.429 bits per heavy atom. The molecule has 0 heterocycles. The molecule has 0 N–H and O–H groups in total. The molecule has 0 atom stereocenters. The Morgan fingerprint density at radius 3 is 0.429 bits per heavy atom. The van der Waals surface area contributed by atoms with Crippen molar-refractivity contribution in [2.24, 2.45) is 0 Å². The molecule has 0 aliphatic carbocycles. The molecule has 0 radical (unpaired) electrons. The van der Waals surface area contributed by atoms with Crippen LogP contribution >= 0.6 is 93.8 Å². The summed E-state index contributed by atoms with van der Waals surface area (Å²) < 4.78 is 38.1. The maximum Gasteiger partial charge on any atom is 0.0985 e. The average Bonchev–Trinajstić information content (AvgIpc) is 2.45. The van der Waals surface area contributed by atoms with Crippen molar-refractivity contribution in [2.45, 2.75) is 0 Å². The van der Waals surface area contributed by atoms with Crippen LogP contribution in [0.2, 0.25) is 0 Å². The van der Waals surface area contributed by atoms with Crippen molar-refractivity contribution < 1.29 is 0 Å². The molecular weight excluding hydrogens is 224 g/mol. The predicted octanol–water partition coefficient (Wildman–Crippen LogP) is 0.790. The van der Waals surface area contributed by atoms with Crippen molar-refractivity contribution in [3.63, 3.8) is 0 Å². The fraction of sp³-hybridized carbons (Fsp3) is 0. The Kier molecular flexibility index (Phi) is 84.3. The van der Waals surface area contributed by atoms with Crippen LogP contribution in [-0.4, -0.2) is 7.87 Å². The molecule has 0 amide bonds. The standard InChI is InChI=1S/7H2S/h7*1H2/i/hD7. The van der Waals surface area contributed by atoms with Gasteiger partial charge in [-0.05, 0) is 0 Å². The van der Waals surface area contributed by atoms with Gasteiger partial charge in [0.2, 0.25) is 0 Å². The lowest BCUT2D eigenvalue weighted by Gasteiger charge is -0.198. The first-order chi connectivity index (χ1) is 7.00. The van der Waals surface area contributed by atoms with E-state index in [0.717, 1.165) is 0 Å². The zero-order valence-electron chi connectivity index (χ0n) is 10.1. The topological polar surface area (TPSA) is 0 Å². The lowest BCUT2D eigenvalue weighted by molar-refractivity contribution is 7.59. The molecule has 7 heavy (non-hydrogen) atoms. The van der Waals surface area contributed by atoms with Gasteiger partial charge >= 0.3 is 0 Å². The third-order valence-corrected chi connectivity index (χ3v) is 0. The summed E-state index contributed by atoms with van der Waals surface area (Å²) in [5.74, 6) is 0. The van der Waals surface area contributed by atoms with Gasteiger partial charge in [0.1, 0.15) is 0 Å². The van der Waals surface area contributed by atoms with Crippen molar-refractivity contribution in [1.29, 1.82) is 7.87 Å². The molecule has 0 rings (SSSR count). The highest BCUT2D eigenvalue weighted by molar-refractivity contribution is 7.60. The Bertz CT molecular complexity index is 14.0. The third kappa shape index (κ3) is 58.6. The van der Waals surface area contributed by atoms with Crippen LogP contribution in [0.25, 0.3) is 0 Å². The van der Waals surface area contributed by atoms with Gasteiger partial charge < -0.3 is 0 Å². The third-order valence-electron chi connectivity index (χ3n) is 0. The fourth-order valence-electron chi connectivity index (χ4n) is 0. The average molecular weight is 246 g/mol. The van der Waals surface area contributed by atoms with Crippen molar-refractivity contribution in [1.82, 2.24) is 0 Å². The van der Waals surface area contributed by atoms with Crippen molar-refractivity contribution in [3.05, 3.63) is 0 Å². The summed E-state index contributed by atoms with van der Waals surface area (Å²) in [6.07, 6.45) is 0. The van der Waals surface area contributed by atoms with Crippen LogP contribution in [0.15, 0.2) is 0 Å². The zero-order valence-corrected chi connectivity index (χ0v) is 9.39. The molecule has 0 saturated carbocycles. The number of hydrogen-bond donors (Lipinski definition) is 0. The zero-order chi connectivity index (χ0) is 14.0. The minimum Gasteiger partial charge on any atom is -0.197 e. The summed E-state index contributed by atoms with van der Waals surface area (Å²) in [7, 11) is 0. The summed E-state index contributed by atoms with van der Waals surface area (Å²) in [4.78, 5) is 0. The molecule has 0 aliphatic heterocycles. The molecule has 0 nitrogen and oxygen atoms in total. The molecule has 0 aromatic rings. The van der Waals surface area contributed by atoms with E-state index in [2.05, 4.69) is 93.8 Å². The molecule has 0 aromatic carbocycles. The monoisotopic (exact) mass is 245 g/mol. The van der Waals surface area contributed by atoms with Crippen LogP contribution < -0.4 is 0 Å². The Morgan fingerprint density at radius 2 is 0.429 bits per heavy atom. The maximum atomic E-state index is 5.44. The highest BCUT2D eigenvalue weighted by Crippen LogP contribution is 0.654. The van der Waals surface area contributed by atoms with Gasteiger partial charge in [-0.1, -0.05) is 0 Å². The normalized spacial score (nSPS) is 7.00. The molecule has 0 aliphatic rings. The van der Waals surface area contributed by atoms with Crippen LogP contribution in [-0.2, 0) is 0 Å². The molecule has 7 heteroatoms. The summed E-state index contributed by atoms with van der Waals surface area (Å²) >= 11 is 19.4. The largest absolute Gasteiger partial charge is 0.197 e. The summed E-state index contributed by atoms with van der Waals surface area (Å²) in [5.41, 5.74) is 0. The molecule has 0 unspecified atom stereocenters. The fourth-order valence-corrected chi connectivity index (χ4v) is 0. The van der Waals surface area contributed by atoms with Crippen molar-refractivity contribution in [3.8, 4) is 0 Å². The molecule has 0 aromatic heterocycles. The highest BCUT2D eigenvalue weighted by atomic mass is 32.1. The van der Waals surface area contributed by atoms with Crippen LogP contribution in [0.1, 0.15) is 0 Å². The summed E-state index contributed by atoms with van der Waals surface area (Å²) in [6.45, 7) is 0. The van der Waals surface area contributed by atoms with Gasteiger partial charge in [0.15, 0.2) is 0 Å². The smallest absolute Gasteiger partial charge is 0.0985 e.